The van der Waals surface area contributed by atoms with E-state index in [4.69, 9.17) is 25.7 Å². The van der Waals surface area contributed by atoms with Gasteiger partial charge < -0.3 is 68.2 Å². The average Bonchev–Trinajstić information content (AvgIpc) is 1.11. The van der Waals surface area contributed by atoms with Crippen LogP contribution in [0, 0.1) is 0 Å². The fourth-order valence-corrected chi connectivity index (χ4v) is 12.0. The number of aromatic nitrogens is 9. The molecule has 0 aliphatic carbocycles. The van der Waals surface area contributed by atoms with Crippen LogP contribution in [0.5, 0.6) is 17.2 Å². The average molecular weight is 1590 g/mol. The number of nitrogens with one attached hydrogen (secondary N) is 8. The number of nitrogens with zero attached hydrogens (tertiary/aromatic N) is 9. The molecule has 12 N–H and O–H groups in total. The van der Waals surface area contributed by atoms with Gasteiger partial charge in [-0.3, -0.25) is 24.2 Å². The molecule has 588 valence electrons. The lowest BCUT2D eigenvalue weighted by molar-refractivity contribution is -0.118. The third-order valence-corrected chi connectivity index (χ3v) is 17.7. The lowest BCUT2D eigenvalue weighted by Crippen LogP contribution is -2.20. The van der Waals surface area contributed by atoms with Gasteiger partial charge in [0.15, 0.2) is 13.2 Å². The van der Waals surface area contributed by atoms with Crippen LogP contribution in [0.4, 0.5) is 80.7 Å². The summed E-state index contributed by atoms with van der Waals surface area (Å²) >= 11 is 1.40. The zero-order chi connectivity index (χ0) is 82.2. The van der Waals surface area contributed by atoms with Crippen molar-refractivity contribution in [1.29, 1.82) is 0 Å². The summed E-state index contributed by atoms with van der Waals surface area (Å²) in [5.74, 6) is 2.81. The number of carbonyl (C=O) groups excluding carboxylic acids is 4. The Kier molecular flexibility index (Phi) is 27.9. The first-order chi connectivity index (χ1) is 58.3. The van der Waals surface area contributed by atoms with Crippen LogP contribution < -0.4 is 68.2 Å². The first-order valence-corrected chi connectivity index (χ1v) is 37.9. The van der Waals surface area contributed by atoms with Crippen molar-refractivity contribution in [1.82, 2.24) is 44.9 Å². The Hall–Kier alpha value is -16.6. The fourth-order valence-electron chi connectivity index (χ4n) is 11.4. The van der Waals surface area contributed by atoms with Crippen molar-refractivity contribution in [3.05, 3.63) is 362 Å². The SMILES string of the molecule is COc1ccc(-c2ccnc(Nc3ccccc3)n2)cc1NC(=O)COc1ccccc1.Nc1cccc(Nc2nccc(-c3cccc(NC(=O)c4ccccn4)c3)n2)c1.Nc1cccc(Nc2nccc(-c3cccc(NC(=O)c4cccs4)c3)n2)c1.O=C(COc1ccccc1)Nc1cccc(-c2ccnc(Nc3ccccc3)n2)c1. The van der Waals surface area contributed by atoms with Crippen LogP contribution >= 0.6 is 11.3 Å². The summed E-state index contributed by atoms with van der Waals surface area (Å²) in [7, 11) is 1.55. The molecule has 0 atom stereocenters. The third-order valence-electron chi connectivity index (χ3n) is 16.9. The van der Waals surface area contributed by atoms with Crippen LogP contribution in [-0.4, -0.2) is 88.8 Å². The number of para-hydroxylation sites is 4. The highest BCUT2D eigenvalue weighted by molar-refractivity contribution is 7.12. The highest BCUT2D eigenvalue weighted by Gasteiger charge is 2.16. The molecule has 0 aliphatic rings. The summed E-state index contributed by atoms with van der Waals surface area (Å²) in [6, 6.07) is 96.7. The van der Waals surface area contributed by atoms with Crippen molar-refractivity contribution in [2.24, 2.45) is 0 Å². The van der Waals surface area contributed by atoms with Crippen molar-refractivity contribution >= 4 is 116 Å². The lowest BCUT2D eigenvalue weighted by atomic mass is 10.1. The zero-order valence-electron chi connectivity index (χ0n) is 63.8. The highest BCUT2D eigenvalue weighted by atomic mass is 32.1. The number of benzene rings is 10. The van der Waals surface area contributed by atoms with E-state index in [1.54, 1.807) is 80.6 Å². The Morgan fingerprint density at radius 3 is 1.13 bits per heavy atom. The molecule has 16 aromatic rings. The van der Waals surface area contributed by atoms with Gasteiger partial charge in [-0.1, -0.05) is 133 Å². The van der Waals surface area contributed by atoms with Crippen molar-refractivity contribution in [2.75, 3.05) is 74.3 Å². The zero-order valence-corrected chi connectivity index (χ0v) is 64.7. The van der Waals surface area contributed by atoms with Crippen molar-refractivity contribution in [3.8, 4) is 62.3 Å². The monoisotopic (exact) mass is 1590 g/mol. The first kappa shape index (κ1) is 80.5. The smallest absolute Gasteiger partial charge is 0.274 e. The van der Waals surface area contributed by atoms with E-state index in [-0.39, 0.29) is 36.8 Å². The Labute approximate surface area is 689 Å². The summed E-state index contributed by atoms with van der Waals surface area (Å²) in [5, 5.41) is 26.0. The number of methoxy groups -OCH3 is 1. The molecule has 6 heterocycles. The summed E-state index contributed by atoms with van der Waals surface area (Å²) < 4.78 is 16.4. The molecule has 6 aromatic heterocycles. The van der Waals surface area contributed by atoms with Gasteiger partial charge in [0, 0.05) is 104 Å². The number of ether oxygens (including phenoxy) is 3. The number of amides is 4. The molecular weight excluding hydrogens is 1520 g/mol. The number of hydrogen-bond donors (Lipinski definition) is 10. The second-order valence-electron chi connectivity index (χ2n) is 25.6. The van der Waals surface area contributed by atoms with Crippen LogP contribution in [0.3, 0.4) is 0 Å². The number of thiophene rings is 1. The van der Waals surface area contributed by atoms with Crippen molar-refractivity contribution in [3.63, 3.8) is 0 Å². The van der Waals surface area contributed by atoms with E-state index in [2.05, 4.69) is 87.4 Å². The van der Waals surface area contributed by atoms with Gasteiger partial charge in [0.05, 0.1) is 40.5 Å². The number of hydrogen-bond acceptors (Lipinski definition) is 23. The number of pyridine rings is 1. The van der Waals surface area contributed by atoms with Crippen LogP contribution in [0.1, 0.15) is 20.2 Å². The predicted molar refractivity (Wildman–Crippen MR) is 470 cm³/mol. The molecule has 0 saturated heterocycles. The van der Waals surface area contributed by atoms with Crippen LogP contribution in [-0.2, 0) is 9.59 Å². The first-order valence-electron chi connectivity index (χ1n) is 37.1. The fraction of sp³-hybridized carbons (Fsp3) is 0.0326. The molecule has 27 heteroatoms. The molecule has 0 aliphatic heterocycles. The minimum Gasteiger partial charge on any atom is -0.495 e. The van der Waals surface area contributed by atoms with E-state index < -0.39 is 0 Å². The maximum atomic E-state index is 12.4. The second kappa shape index (κ2) is 41.3. The van der Waals surface area contributed by atoms with Gasteiger partial charge in [-0.15, -0.1) is 11.3 Å². The van der Waals surface area contributed by atoms with E-state index in [9.17, 15) is 19.2 Å². The van der Waals surface area contributed by atoms with E-state index in [0.717, 1.165) is 62.1 Å². The van der Waals surface area contributed by atoms with Crippen LogP contribution in [0.25, 0.3) is 45.0 Å². The Morgan fingerprint density at radius 2 is 0.714 bits per heavy atom. The summed E-state index contributed by atoms with van der Waals surface area (Å²) in [6.07, 6.45) is 8.33. The molecule has 0 unspecified atom stereocenters. The lowest BCUT2D eigenvalue weighted by Gasteiger charge is -2.13. The van der Waals surface area contributed by atoms with Gasteiger partial charge in [0.2, 0.25) is 23.8 Å². The van der Waals surface area contributed by atoms with E-state index in [1.807, 2.05) is 278 Å². The van der Waals surface area contributed by atoms with Gasteiger partial charge in [-0.25, -0.2) is 39.9 Å². The maximum absolute atomic E-state index is 12.4. The molecule has 26 nitrogen and oxygen atoms in total. The largest absolute Gasteiger partial charge is 0.495 e. The van der Waals surface area contributed by atoms with Crippen molar-refractivity contribution < 1.29 is 33.4 Å². The van der Waals surface area contributed by atoms with E-state index in [1.165, 1.54) is 11.3 Å². The van der Waals surface area contributed by atoms with Gasteiger partial charge in [0.1, 0.15) is 22.9 Å². The van der Waals surface area contributed by atoms with Gasteiger partial charge in [0.25, 0.3) is 23.6 Å². The third kappa shape index (κ3) is 24.7. The maximum Gasteiger partial charge on any atom is 0.274 e. The Morgan fingerprint density at radius 1 is 0.328 bits per heavy atom. The number of rotatable bonds is 25. The molecule has 4 amide bonds. The van der Waals surface area contributed by atoms with Gasteiger partial charge in [-0.2, -0.15) is 0 Å². The molecule has 0 bridgehead atoms. The minimum absolute atomic E-state index is 0.0626. The number of nitrogen functional groups attached to an aromatic ring is 2. The standard InChI is InChI=1S/C25H22N4O3.C24H20N4O2.C22H18N6O.C21H17N5OS/c1-31-23-13-12-18(16-22(23)28-24(30)17-32-20-10-6-3-7-11-20)21-14-15-26-25(29-21)27-19-8-4-2-5-9-19;29-23(17-30-21-12-5-2-6-13-21)26-20-11-7-8-18(16-20)22-14-15-25-24(28-22)27-19-9-3-1-4-10-19;23-16-6-4-8-18(14-16)27-22-25-12-10-19(28-22)15-5-3-7-17(13-15)26-21(29)20-9-1-2-11-24-20;22-15-5-2-7-17(13-15)25-21-23-10-9-18(26-21)14-4-1-6-16(12-14)24-20(27)19-8-3-11-28-19/h2-16H,17H2,1H3,(H,28,30)(H,26,27,29);1-16H,17H2,(H,26,29)(H,25,27,28);1-14H,23H2,(H,26,29)(H,25,27,28);1-13H,22H2,(H,24,27)(H,23,25,26). The van der Waals surface area contributed by atoms with E-state index in [0.29, 0.717) is 91.4 Å². The highest BCUT2D eigenvalue weighted by Crippen LogP contribution is 2.32. The predicted octanol–water partition coefficient (Wildman–Crippen LogP) is 18.7. The van der Waals surface area contributed by atoms with Gasteiger partial charge in [-0.05, 0) is 187 Å². The summed E-state index contributed by atoms with van der Waals surface area (Å²) in [4.78, 5) is 89.3. The number of nitrogens with two attached hydrogens (primary N) is 2. The van der Waals surface area contributed by atoms with Crippen molar-refractivity contribution in [2.45, 2.75) is 0 Å². The molecular formula is C92H77N19O7S. The number of anilines is 14. The molecule has 0 spiro atoms. The summed E-state index contributed by atoms with van der Waals surface area (Å²) in [5.41, 5.74) is 25.6. The van der Waals surface area contributed by atoms with Crippen LogP contribution in [0.15, 0.2) is 352 Å². The second-order valence-corrected chi connectivity index (χ2v) is 26.6. The molecule has 10 aromatic carbocycles. The molecule has 0 saturated carbocycles. The number of carbonyl (C=O) groups is 4. The summed E-state index contributed by atoms with van der Waals surface area (Å²) in [6.45, 7) is -0.178. The molecule has 0 radical (unpaired) electrons. The molecule has 16 rings (SSSR count). The van der Waals surface area contributed by atoms with Gasteiger partial charge >= 0.3 is 0 Å². The minimum atomic E-state index is -0.293. The molecule has 119 heavy (non-hydrogen) atoms. The molecule has 0 fully saturated rings. The van der Waals surface area contributed by atoms with E-state index >= 15 is 0 Å². The quantitative estimate of drug-likeness (QED) is 0.0238. The van der Waals surface area contributed by atoms with Crippen LogP contribution in [0.2, 0.25) is 0 Å². The Balaban J connectivity index is 0.000000137. The topological polar surface area (TPSA) is 360 Å². The normalized spacial score (nSPS) is 10.3. The Bertz CT molecular complexity index is 6030.